The molecule has 30 heavy (non-hydrogen) atoms. The molecular weight excluding hydrogens is 408 g/mol. The molecule has 2 heterocycles. The zero-order valence-corrected chi connectivity index (χ0v) is 17.3. The van der Waals surface area contributed by atoms with Gasteiger partial charge < -0.3 is 14.8 Å². The monoisotopic (exact) mass is 428 g/mol. The second-order valence-electron chi connectivity index (χ2n) is 6.14. The zero-order chi connectivity index (χ0) is 21.5. The number of amides is 1. The van der Waals surface area contributed by atoms with Crippen molar-refractivity contribution in [3.63, 3.8) is 0 Å². The van der Waals surface area contributed by atoms with Crippen molar-refractivity contribution in [1.82, 2.24) is 14.5 Å². The molecule has 1 amide bonds. The second kappa shape index (κ2) is 9.79. The van der Waals surface area contributed by atoms with Gasteiger partial charge in [0.1, 0.15) is 12.3 Å². The van der Waals surface area contributed by atoms with Crippen molar-refractivity contribution in [2.24, 2.45) is 0 Å². The van der Waals surface area contributed by atoms with Gasteiger partial charge in [0, 0.05) is 17.0 Å². The fraction of sp³-hybridized carbons (Fsp3) is 0.250. The minimum Gasteiger partial charge on any atom is -0.497 e. The second-order valence-corrected chi connectivity index (χ2v) is 7.00. The molecule has 0 spiro atoms. The number of esters is 1. The van der Waals surface area contributed by atoms with E-state index in [1.807, 2.05) is 0 Å². The summed E-state index contributed by atoms with van der Waals surface area (Å²) in [6.07, 6.45) is 1.37. The van der Waals surface area contributed by atoms with E-state index in [9.17, 15) is 14.4 Å². The third-order valence-corrected chi connectivity index (χ3v) is 4.81. The van der Waals surface area contributed by atoms with Crippen LogP contribution in [0.5, 0.6) is 5.75 Å². The molecule has 3 aromatic rings. The molecule has 0 aliphatic carbocycles. The highest BCUT2D eigenvalue weighted by molar-refractivity contribution is 7.13. The Morgan fingerprint density at radius 1 is 1.23 bits per heavy atom. The number of anilines is 1. The van der Waals surface area contributed by atoms with E-state index in [-0.39, 0.29) is 24.5 Å². The average Bonchev–Trinajstić information content (AvgIpc) is 3.16. The molecule has 1 N–H and O–H groups in total. The molecule has 0 aliphatic rings. The quantitative estimate of drug-likeness (QED) is 0.547. The highest BCUT2D eigenvalue weighted by Gasteiger charge is 2.12. The van der Waals surface area contributed by atoms with Crippen molar-refractivity contribution in [2.75, 3.05) is 19.0 Å². The van der Waals surface area contributed by atoms with Crippen LogP contribution in [-0.4, -0.2) is 40.1 Å². The van der Waals surface area contributed by atoms with Crippen molar-refractivity contribution in [1.29, 1.82) is 0 Å². The number of benzene rings is 1. The topological polar surface area (TPSA) is 112 Å². The number of aromatic nitrogens is 3. The number of nitrogens with one attached hydrogen (secondary N) is 1. The van der Waals surface area contributed by atoms with Crippen LogP contribution in [0.4, 0.5) is 5.13 Å². The van der Waals surface area contributed by atoms with Crippen LogP contribution in [0.15, 0.2) is 46.8 Å². The van der Waals surface area contributed by atoms with Crippen LogP contribution in [0, 0.1) is 0 Å². The predicted octanol–water partition coefficient (Wildman–Crippen LogP) is 2.12. The van der Waals surface area contributed by atoms with Crippen LogP contribution < -0.4 is 15.6 Å². The maximum Gasteiger partial charge on any atom is 0.311 e. The SMILES string of the molecule is CCOC(=O)Cc1csc(NC(=O)Cn2cnc(-c3ccc(OC)cc3)cc2=O)n1. The lowest BCUT2D eigenvalue weighted by molar-refractivity contribution is -0.142. The van der Waals surface area contributed by atoms with E-state index in [1.165, 1.54) is 28.3 Å². The van der Waals surface area contributed by atoms with Crippen LogP contribution in [-0.2, 0) is 27.3 Å². The molecule has 2 aromatic heterocycles. The first kappa shape index (κ1) is 21.2. The van der Waals surface area contributed by atoms with Crippen molar-refractivity contribution >= 4 is 28.3 Å². The van der Waals surface area contributed by atoms with E-state index in [0.29, 0.717) is 28.9 Å². The Bertz CT molecular complexity index is 1090. The van der Waals surface area contributed by atoms with E-state index < -0.39 is 5.91 Å². The van der Waals surface area contributed by atoms with Crippen molar-refractivity contribution in [3.05, 3.63) is 58.1 Å². The lowest BCUT2D eigenvalue weighted by Gasteiger charge is -2.07. The summed E-state index contributed by atoms with van der Waals surface area (Å²) in [5.41, 5.74) is 1.42. The van der Waals surface area contributed by atoms with Crippen LogP contribution in [0.1, 0.15) is 12.6 Å². The summed E-state index contributed by atoms with van der Waals surface area (Å²) in [5, 5.41) is 4.63. The normalized spacial score (nSPS) is 10.5. The van der Waals surface area contributed by atoms with Crippen LogP contribution in [0.25, 0.3) is 11.3 Å². The zero-order valence-electron chi connectivity index (χ0n) is 16.5. The highest BCUT2D eigenvalue weighted by atomic mass is 32.1. The molecule has 0 bridgehead atoms. The maximum atomic E-state index is 12.4. The Morgan fingerprint density at radius 3 is 2.67 bits per heavy atom. The van der Waals surface area contributed by atoms with E-state index in [4.69, 9.17) is 9.47 Å². The van der Waals surface area contributed by atoms with E-state index in [2.05, 4.69) is 15.3 Å². The average molecular weight is 428 g/mol. The first-order valence-corrected chi connectivity index (χ1v) is 9.97. The summed E-state index contributed by atoms with van der Waals surface area (Å²) in [6.45, 7) is 1.82. The van der Waals surface area contributed by atoms with Gasteiger partial charge in [0.2, 0.25) is 5.91 Å². The fourth-order valence-corrected chi connectivity index (χ4v) is 3.31. The smallest absolute Gasteiger partial charge is 0.311 e. The third-order valence-electron chi connectivity index (χ3n) is 4.01. The molecule has 3 rings (SSSR count). The first-order chi connectivity index (χ1) is 14.5. The van der Waals surface area contributed by atoms with E-state index in [1.54, 1.807) is 43.7 Å². The number of thiazole rings is 1. The number of nitrogens with zero attached hydrogens (tertiary/aromatic N) is 3. The van der Waals surface area contributed by atoms with Crippen LogP contribution in [0.2, 0.25) is 0 Å². The maximum absolute atomic E-state index is 12.4. The number of methoxy groups -OCH3 is 1. The van der Waals surface area contributed by atoms with Gasteiger partial charge in [-0.25, -0.2) is 9.97 Å². The lowest BCUT2D eigenvalue weighted by Crippen LogP contribution is -2.27. The Balaban J connectivity index is 1.62. The largest absolute Gasteiger partial charge is 0.497 e. The minimum atomic E-state index is -0.423. The molecule has 0 atom stereocenters. The van der Waals surface area contributed by atoms with Crippen molar-refractivity contribution in [3.8, 4) is 17.0 Å². The van der Waals surface area contributed by atoms with Gasteiger partial charge in [-0.2, -0.15) is 0 Å². The summed E-state index contributed by atoms with van der Waals surface area (Å²) in [5.74, 6) is -0.0975. The Hall–Kier alpha value is -3.53. The summed E-state index contributed by atoms with van der Waals surface area (Å²) < 4.78 is 11.2. The van der Waals surface area contributed by atoms with E-state index in [0.717, 1.165) is 5.56 Å². The summed E-state index contributed by atoms with van der Waals surface area (Å²) >= 11 is 1.19. The summed E-state index contributed by atoms with van der Waals surface area (Å²) in [7, 11) is 1.58. The number of hydrogen-bond acceptors (Lipinski definition) is 8. The predicted molar refractivity (Wildman–Crippen MR) is 112 cm³/mol. The summed E-state index contributed by atoms with van der Waals surface area (Å²) in [6, 6.07) is 8.53. The highest BCUT2D eigenvalue weighted by Crippen LogP contribution is 2.19. The Labute approximate surface area is 176 Å². The molecule has 156 valence electrons. The van der Waals surface area contributed by atoms with Gasteiger partial charge in [-0.05, 0) is 31.2 Å². The molecule has 10 heteroatoms. The van der Waals surface area contributed by atoms with Gasteiger partial charge in [-0.1, -0.05) is 0 Å². The molecule has 0 aliphatic heterocycles. The summed E-state index contributed by atoms with van der Waals surface area (Å²) in [4.78, 5) is 44.5. The lowest BCUT2D eigenvalue weighted by atomic mass is 10.1. The van der Waals surface area contributed by atoms with Gasteiger partial charge >= 0.3 is 5.97 Å². The van der Waals surface area contributed by atoms with Gasteiger partial charge in [0.15, 0.2) is 5.13 Å². The van der Waals surface area contributed by atoms with Crippen LogP contribution >= 0.6 is 11.3 Å². The number of hydrogen-bond donors (Lipinski definition) is 1. The first-order valence-electron chi connectivity index (χ1n) is 9.09. The number of ether oxygens (including phenoxy) is 2. The number of rotatable bonds is 8. The molecular formula is C20H20N4O5S. The van der Waals surface area contributed by atoms with Crippen LogP contribution in [0.3, 0.4) is 0 Å². The molecule has 1 aromatic carbocycles. The molecule has 0 unspecified atom stereocenters. The third kappa shape index (κ3) is 5.51. The Kier molecular flexibility index (Phi) is 6.91. The molecule has 9 nitrogen and oxygen atoms in total. The van der Waals surface area contributed by atoms with Crippen molar-refractivity contribution in [2.45, 2.75) is 19.9 Å². The fourth-order valence-electron chi connectivity index (χ4n) is 2.58. The molecule has 0 radical (unpaired) electrons. The Morgan fingerprint density at radius 2 is 2.00 bits per heavy atom. The number of carbonyl (C=O) groups excluding carboxylic acids is 2. The molecule has 0 fully saturated rings. The van der Waals surface area contributed by atoms with E-state index >= 15 is 0 Å². The minimum absolute atomic E-state index is 0.0381. The van der Waals surface area contributed by atoms with Gasteiger partial charge in [-0.3, -0.25) is 19.0 Å². The molecule has 0 saturated carbocycles. The number of carbonyl (C=O) groups is 2. The standard InChI is InChI=1S/C20H20N4O5S/c1-3-29-19(27)8-14-11-30-20(22-14)23-17(25)10-24-12-21-16(9-18(24)26)13-4-6-15(28-2)7-5-13/h4-7,9,11-12H,3,8,10H2,1-2H3,(H,22,23,25). The van der Waals surface area contributed by atoms with Gasteiger partial charge in [0.25, 0.3) is 5.56 Å². The van der Waals surface area contributed by atoms with Gasteiger partial charge in [-0.15, -0.1) is 11.3 Å². The molecule has 0 saturated heterocycles. The van der Waals surface area contributed by atoms with Gasteiger partial charge in [0.05, 0.1) is 37.9 Å². The van der Waals surface area contributed by atoms with Crippen molar-refractivity contribution < 1.29 is 19.1 Å².